The van der Waals surface area contributed by atoms with Crippen molar-refractivity contribution in [1.29, 1.82) is 0 Å². The van der Waals surface area contributed by atoms with Gasteiger partial charge in [-0.05, 0) is 37.8 Å². The van der Waals surface area contributed by atoms with Crippen molar-refractivity contribution >= 4 is 34.6 Å². The predicted molar refractivity (Wildman–Crippen MR) is 155 cm³/mol. The summed E-state index contributed by atoms with van der Waals surface area (Å²) < 4.78 is 0. The highest BCUT2D eigenvalue weighted by Gasteiger charge is 2.39. The van der Waals surface area contributed by atoms with Crippen LogP contribution < -0.4 is 0 Å². The number of carbonyl (C=O) groups is 4. The van der Waals surface area contributed by atoms with Gasteiger partial charge in [-0.3, -0.25) is 39.0 Å². The Balaban J connectivity index is 1.38. The number of fused-ring (bicyclic) bond motifs is 2. The van der Waals surface area contributed by atoms with Crippen LogP contribution in [0.5, 0.6) is 0 Å². The third kappa shape index (κ3) is 5.84. The molecule has 0 radical (unpaired) electrons. The molecule has 0 aromatic heterocycles. The zero-order valence-corrected chi connectivity index (χ0v) is 23.8. The van der Waals surface area contributed by atoms with Crippen LogP contribution in [0.25, 0.3) is 0 Å². The summed E-state index contributed by atoms with van der Waals surface area (Å²) in [5, 5.41) is 0. The Hall–Kier alpha value is -3.10. The lowest BCUT2D eigenvalue weighted by Gasteiger charge is -2.33. The monoisotopic (exact) mass is 544 g/mol. The van der Waals surface area contributed by atoms with Crippen molar-refractivity contribution in [3.8, 4) is 0 Å². The lowest BCUT2D eigenvalue weighted by molar-refractivity contribution is -0.127. The maximum Gasteiger partial charge on any atom is 0.194 e. The van der Waals surface area contributed by atoms with Gasteiger partial charge < -0.3 is 0 Å². The molecule has 5 aliphatic rings. The van der Waals surface area contributed by atoms with Gasteiger partial charge in [-0.2, -0.15) is 0 Å². The van der Waals surface area contributed by atoms with Crippen molar-refractivity contribution in [2.45, 2.75) is 90.4 Å². The molecule has 8 heteroatoms. The van der Waals surface area contributed by atoms with E-state index in [0.717, 1.165) is 64.7 Å². The zero-order valence-electron chi connectivity index (χ0n) is 23.8. The Labute approximate surface area is 236 Å². The average Bonchev–Trinajstić information content (AvgIpc) is 2.96. The molecule has 2 aliphatic heterocycles. The number of carbonyl (C=O) groups excluding carboxylic acids is 4. The van der Waals surface area contributed by atoms with Crippen LogP contribution in [0.15, 0.2) is 56.6 Å². The van der Waals surface area contributed by atoms with E-state index in [9.17, 15) is 19.2 Å². The molecule has 0 amide bonds. The predicted octanol–water partition coefficient (Wildman–Crippen LogP) is 4.12. The van der Waals surface area contributed by atoms with Crippen LogP contribution in [0.2, 0.25) is 0 Å². The van der Waals surface area contributed by atoms with Gasteiger partial charge >= 0.3 is 0 Å². The first-order valence-electron chi connectivity index (χ1n) is 15.0. The van der Waals surface area contributed by atoms with E-state index < -0.39 is 12.3 Å². The number of allylic oxidation sites excluding steroid dienone is 8. The Bertz CT molecular complexity index is 1180. The fourth-order valence-electron chi connectivity index (χ4n) is 6.15. The van der Waals surface area contributed by atoms with Crippen molar-refractivity contribution in [3.05, 3.63) is 46.6 Å². The molecule has 0 aromatic carbocycles. The number of unbranched alkanes of at least 4 members (excludes halogenated alkanes) is 2. The summed E-state index contributed by atoms with van der Waals surface area (Å²) in [5.74, 6) is -0.157. The minimum atomic E-state index is -0.515. The number of likely N-dealkylation sites (tertiary alicyclic amines) is 2. The van der Waals surface area contributed by atoms with E-state index in [4.69, 9.17) is 9.98 Å². The Morgan fingerprint density at radius 3 is 1.50 bits per heavy atom. The molecule has 2 atom stereocenters. The van der Waals surface area contributed by atoms with E-state index >= 15 is 0 Å². The summed E-state index contributed by atoms with van der Waals surface area (Å²) >= 11 is 0. The smallest absolute Gasteiger partial charge is 0.194 e. The van der Waals surface area contributed by atoms with Crippen molar-refractivity contribution in [3.63, 3.8) is 0 Å². The summed E-state index contributed by atoms with van der Waals surface area (Å²) in [6.07, 6.45) is 13.6. The van der Waals surface area contributed by atoms with Gasteiger partial charge in [0.15, 0.2) is 35.5 Å². The normalized spacial score (nSPS) is 28.2. The zero-order chi connectivity index (χ0) is 28.2. The number of ketones is 4. The first-order chi connectivity index (χ1) is 19.4. The first-order valence-corrected chi connectivity index (χ1v) is 15.0. The molecule has 1 saturated carbocycles. The summed E-state index contributed by atoms with van der Waals surface area (Å²) in [6, 6.07) is 0. The minimum absolute atomic E-state index is 0.116. The molecule has 2 heterocycles. The molecule has 212 valence electrons. The van der Waals surface area contributed by atoms with Crippen LogP contribution >= 0.6 is 0 Å². The molecule has 5 rings (SSSR count). The summed E-state index contributed by atoms with van der Waals surface area (Å²) in [5.41, 5.74) is 2.83. The number of rotatable bonds is 8. The van der Waals surface area contributed by atoms with E-state index in [1.165, 1.54) is 0 Å². The van der Waals surface area contributed by atoms with Crippen molar-refractivity contribution in [1.82, 2.24) is 9.80 Å². The number of aliphatic imine (C=N–C) groups is 2. The number of Topliss-reactive ketones (excluding diaryl/α,β-unsaturated/α-hetero) is 4. The topological polar surface area (TPSA) is 99.5 Å². The van der Waals surface area contributed by atoms with Gasteiger partial charge in [-0.15, -0.1) is 0 Å². The van der Waals surface area contributed by atoms with Crippen LogP contribution in [0.4, 0.5) is 0 Å². The number of hydrogen-bond acceptors (Lipinski definition) is 8. The van der Waals surface area contributed by atoms with Crippen molar-refractivity contribution in [2.75, 3.05) is 26.2 Å². The van der Waals surface area contributed by atoms with Gasteiger partial charge in [0.05, 0.1) is 0 Å². The van der Waals surface area contributed by atoms with Gasteiger partial charge in [0.25, 0.3) is 0 Å². The number of nitrogens with zero attached hydrogens (tertiary/aromatic N) is 4. The molecule has 3 aliphatic carbocycles. The molecule has 2 saturated heterocycles. The quantitative estimate of drug-likeness (QED) is 0.456. The van der Waals surface area contributed by atoms with Crippen molar-refractivity contribution < 1.29 is 19.2 Å². The number of hydrogen-bond donors (Lipinski definition) is 0. The summed E-state index contributed by atoms with van der Waals surface area (Å²) in [6.45, 7) is 7.60. The van der Waals surface area contributed by atoms with Gasteiger partial charge in [-0.25, -0.2) is 0 Å². The fourth-order valence-corrected chi connectivity index (χ4v) is 6.15. The SMILES string of the molecule is CCCCN1CCCC(=O)C1N=C1C=C2C(=O)C3=CCC(=NC4C(=O)CCCN4CCCC)C=C3C(=O)C2=CC1. The third-order valence-corrected chi connectivity index (χ3v) is 8.39. The van der Waals surface area contributed by atoms with Crippen LogP contribution in [0.3, 0.4) is 0 Å². The Kier molecular flexibility index (Phi) is 8.96. The Morgan fingerprint density at radius 1 is 0.675 bits per heavy atom. The number of piperidine rings is 2. The highest BCUT2D eigenvalue weighted by molar-refractivity contribution is 6.37. The molecule has 0 bridgehead atoms. The molecule has 0 spiro atoms. The molecule has 3 fully saturated rings. The highest BCUT2D eigenvalue weighted by atomic mass is 16.1. The first kappa shape index (κ1) is 28.4. The molecule has 0 aromatic rings. The third-order valence-electron chi connectivity index (χ3n) is 8.39. The second-order valence-electron chi connectivity index (χ2n) is 11.3. The van der Waals surface area contributed by atoms with Gasteiger partial charge in [0.1, 0.15) is 0 Å². The van der Waals surface area contributed by atoms with Crippen LogP contribution in [0.1, 0.15) is 78.1 Å². The lowest BCUT2D eigenvalue weighted by atomic mass is 9.75. The van der Waals surface area contributed by atoms with Gasteiger partial charge in [0.2, 0.25) is 0 Å². The molecule has 8 nitrogen and oxygen atoms in total. The molecular formula is C32H40N4O4. The summed E-state index contributed by atoms with van der Waals surface area (Å²) in [4.78, 5) is 66.5. The standard InChI is InChI=1S/C32H40N4O4/c1-3-5-15-35-17-7-9-27(37)31(35)33-21-11-13-23-25(19-21)29(39)24-14-12-22(20-26(24)30(23)40)34-32-28(38)10-8-18-36(32)16-6-4-2/h13-14,19-20,31-32H,3-12,15-18H2,1-2H3. The van der Waals surface area contributed by atoms with Gasteiger partial charge in [0, 0.05) is 85.6 Å². The fraction of sp³-hybridized carbons (Fsp3) is 0.562. The molecular weight excluding hydrogens is 504 g/mol. The second-order valence-corrected chi connectivity index (χ2v) is 11.3. The lowest BCUT2D eigenvalue weighted by Crippen LogP contribution is -2.45. The summed E-state index contributed by atoms with van der Waals surface area (Å²) in [7, 11) is 0. The van der Waals surface area contributed by atoms with Crippen molar-refractivity contribution in [2.24, 2.45) is 9.98 Å². The van der Waals surface area contributed by atoms with Crippen LogP contribution in [-0.4, -0.2) is 82.9 Å². The van der Waals surface area contributed by atoms with E-state index in [2.05, 4.69) is 23.6 Å². The van der Waals surface area contributed by atoms with Crippen LogP contribution in [0, 0.1) is 0 Å². The largest absolute Gasteiger partial charge is 0.296 e. The van der Waals surface area contributed by atoms with E-state index in [1.54, 1.807) is 24.3 Å². The maximum atomic E-state index is 13.6. The maximum absolute atomic E-state index is 13.6. The second kappa shape index (κ2) is 12.6. The highest BCUT2D eigenvalue weighted by Crippen LogP contribution is 2.36. The van der Waals surface area contributed by atoms with E-state index in [1.807, 2.05) is 0 Å². The van der Waals surface area contributed by atoms with Crippen LogP contribution in [-0.2, 0) is 19.2 Å². The van der Waals surface area contributed by atoms with Gasteiger partial charge in [-0.1, -0.05) is 38.8 Å². The van der Waals surface area contributed by atoms with E-state index in [0.29, 0.717) is 59.4 Å². The molecule has 2 unspecified atom stereocenters. The average molecular weight is 545 g/mol. The Morgan fingerprint density at radius 2 is 1.10 bits per heavy atom. The molecule has 40 heavy (non-hydrogen) atoms. The molecule has 0 N–H and O–H groups in total. The van der Waals surface area contributed by atoms with E-state index in [-0.39, 0.29) is 23.1 Å². The minimum Gasteiger partial charge on any atom is -0.296 e.